The molecule has 0 bridgehead atoms. The number of hydrogen-bond donors (Lipinski definition) is 1. The Kier molecular flexibility index (Phi) is 4.03. The van der Waals surface area contributed by atoms with Gasteiger partial charge in [-0.05, 0) is 62.7 Å². The molecule has 0 unspecified atom stereocenters. The van der Waals surface area contributed by atoms with Gasteiger partial charge in [0.1, 0.15) is 12.0 Å². The van der Waals surface area contributed by atoms with Crippen molar-refractivity contribution >= 4 is 5.97 Å². The van der Waals surface area contributed by atoms with Gasteiger partial charge in [0.15, 0.2) is 0 Å². The Labute approximate surface area is 140 Å². The number of hydrogen-bond acceptors (Lipinski definition) is 2. The van der Waals surface area contributed by atoms with Gasteiger partial charge in [0.05, 0.1) is 19.6 Å². The number of esters is 1. The molecule has 2 aliphatic heterocycles. The van der Waals surface area contributed by atoms with Gasteiger partial charge in [0, 0.05) is 5.92 Å². The van der Waals surface area contributed by atoms with E-state index in [-0.39, 0.29) is 18.0 Å². The largest absolute Gasteiger partial charge is 0.462 e. The summed E-state index contributed by atoms with van der Waals surface area (Å²) in [5.41, 5.74) is 1.77. The number of fused-ring (bicyclic) bond motifs is 2. The standard InChI is InChI=1S/C20H31NO2/c1-14-7-6-8-20(2)12-18-15(11-17(14)20)16(19(22)23-18)13-21-9-4-3-5-10-21/h15-18H,1,3-13H2,2H3/p+1/t15-,16-,17+,18-,20-/m1/s1. The number of allylic oxidation sites excluding steroid dienone is 1. The van der Waals surface area contributed by atoms with Crippen LogP contribution in [0.4, 0.5) is 0 Å². The Bertz CT molecular complexity index is 496. The van der Waals surface area contributed by atoms with Gasteiger partial charge in [-0.2, -0.15) is 0 Å². The summed E-state index contributed by atoms with van der Waals surface area (Å²) in [7, 11) is 0. The summed E-state index contributed by atoms with van der Waals surface area (Å²) in [5, 5.41) is 0. The van der Waals surface area contributed by atoms with Crippen molar-refractivity contribution in [2.24, 2.45) is 23.2 Å². The van der Waals surface area contributed by atoms with Crippen LogP contribution in [-0.4, -0.2) is 31.7 Å². The van der Waals surface area contributed by atoms with Crippen LogP contribution < -0.4 is 4.90 Å². The van der Waals surface area contributed by atoms with E-state index in [1.165, 1.54) is 57.2 Å². The molecule has 0 aromatic heterocycles. The van der Waals surface area contributed by atoms with E-state index in [4.69, 9.17) is 4.74 Å². The van der Waals surface area contributed by atoms with E-state index in [9.17, 15) is 4.79 Å². The van der Waals surface area contributed by atoms with Crippen molar-refractivity contribution in [1.29, 1.82) is 0 Å². The summed E-state index contributed by atoms with van der Waals surface area (Å²) in [4.78, 5) is 14.2. The molecule has 0 aromatic rings. The van der Waals surface area contributed by atoms with Gasteiger partial charge < -0.3 is 9.64 Å². The molecule has 1 N–H and O–H groups in total. The van der Waals surface area contributed by atoms with E-state index < -0.39 is 0 Å². The molecule has 2 aliphatic carbocycles. The fraction of sp³-hybridized carbons (Fsp3) is 0.850. The second-order valence-electron chi connectivity index (χ2n) is 8.92. The number of piperidine rings is 1. The molecule has 0 amide bonds. The molecule has 23 heavy (non-hydrogen) atoms. The van der Waals surface area contributed by atoms with E-state index in [2.05, 4.69) is 13.5 Å². The second-order valence-corrected chi connectivity index (χ2v) is 8.92. The van der Waals surface area contributed by atoms with Gasteiger partial charge in [0.2, 0.25) is 0 Å². The first-order chi connectivity index (χ1) is 11.1. The van der Waals surface area contributed by atoms with E-state index >= 15 is 0 Å². The second kappa shape index (κ2) is 5.91. The Hall–Kier alpha value is -0.830. The average Bonchev–Trinajstić information content (AvgIpc) is 2.81. The third-order valence-corrected chi connectivity index (χ3v) is 7.39. The molecular weight excluding hydrogens is 286 g/mol. The molecule has 4 rings (SSSR count). The number of likely N-dealkylation sites (tertiary alicyclic amines) is 1. The fourth-order valence-corrected chi connectivity index (χ4v) is 6.06. The van der Waals surface area contributed by atoms with Crippen molar-refractivity contribution in [3.8, 4) is 0 Å². The van der Waals surface area contributed by atoms with Crippen LogP contribution in [0.1, 0.15) is 58.3 Å². The van der Waals surface area contributed by atoms with Gasteiger partial charge in [-0.3, -0.25) is 4.79 Å². The Balaban J connectivity index is 1.50. The lowest BCUT2D eigenvalue weighted by Crippen LogP contribution is -3.13. The lowest BCUT2D eigenvalue weighted by Gasteiger charge is -2.50. The summed E-state index contributed by atoms with van der Waals surface area (Å²) in [6, 6.07) is 0. The lowest BCUT2D eigenvalue weighted by atomic mass is 9.55. The first-order valence-corrected chi connectivity index (χ1v) is 9.78. The number of rotatable bonds is 2. The van der Waals surface area contributed by atoms with Crippen LogP contribution in [-0.2, 0) is 9.53 Å². The lowest BCUT2D eigenvalue weighted by molar-refractivity contribution is -0.907. The van der Waals surface area contributed by atoms with Crippen LogP contribution in [0.2, 0.25) is 0 Å². The molecule has 4 fully saturated rings. The molecule has 0 spiro atoms. The Morgan fingerprint density at radius 2 is 2.04 bits per heavy atom. The fourth-order valence-electron chi connectivity index (χ4n) is 6.06. The molecule has 2 saturated carbocycles. The van der Waals surface area contributed by atoms with Crippen molar-refractivity contribution in [2.75, 3.05) is 19.6 Å². The minimum atomic E-state index is 0.103. The van der Waals surface area contributed by atoms with E-state index in [1.54, 1.807) is 4.90 Å². The topological polar surface area (TPSA) is 30.7 Å². The van der Waals surface area contributed by atoms with Gasteiger partial charge in [-0.1, -0.05) is 19.1 Å². The highest BCUT2D eigenvalue weighted by Crippen LogP contribution is 2.56. The van der Waals surface area contributed by atoms with Gasteiger partial charge in [0.25, 0.3) is 0 Å². The van der Waals surface area contributed by atoms with Crippen molar-refractivity contribution in [2.45, 2.75) is 64.4 Å². The first-order valence-electron chi connectivity index (χ1n) is 9.78. The average molecular weight is 318 g/mol. The van der Waals surface area contributed by atoms with Crippen LogP contribution in [0.5, 0.6) is 0 Å². The van der Waals surface area contributed by atoms with Crippen molar-refractivity contribution in [3.05, 3.63) is 12.2 Å². The predicted molar refractivity (Wildman–Crippen MR) is 90.1 cm³/mol. The van der Waals surface area contributed by atoms with E-state index in [1.807, 2.05) is 0 Å². The number of carbonyl (C=O) groups is 1. The molecule has 0 radical (unpaired) electrons. The summed E-state index contributed by atoms with van der Waals surface area (Å²) in [5.74, 6) is 1.31. The zero-order valence-corrected chi connectivity index (χ0v) is 14.6. The van der Waals surface area contributed by atoms with Gasteiger partial charge in [-0.25, -0.2) is 0 Å². The van der Waals surface area contributed by atoms with E-state index in [0.29, 0.717) is 17.3 Å². The number of carbonyl (C=O) groups excluding carboxylic acids is 1. The van der Waals surface area contributed by atoms with Crippen molar-refractivity contribution < 1.29 is 14.4 Å². The molecule has 2 heterocycles. The Morgan fingerprint density at radius 1 is 1.26 bits per heavy atom. The number of quaternary nitrogens is 1. The zero-order valence-electron chi connectivity index (χ0n) is 14.6. The smallest absolute Gasteiger partial charge is 0.315 e. The zero-order chi connectivity index (χ0) is 16.0. The summed E-state index contributed by atoms with van der Waals surface area (Å²) in [6.07, 6.45) is 10.1. The normalized spacial score (nSPS) is 44.6. The third kappa shape index (κ3) is 2.75. The third-order valence-electron chi connectivity index (χ3n) is 7.39. The maximum atomic E-state index is 12.5. The highest BCUT2D eigenvalue weighted by atomic mass is 16.6. The quantitative estimate of drug-likeness (QED) is 0.626. The summed E-state index contributed by atoms with van der Waals surface area (Å²) >= 11 is 0. The minimum absolute atomic E-state index is 0.103. The minimum Gasteiger partial charge on any atom is -0.462 e. The molecule has 5 atom stereocenters. The van der Waals surface area contributed by atoms with Crippen LogP contribution in [0.25, 0.3) is 0 Å². The molecular formula is C20H32NO2+. The highest BCUT2D eigenvalue weighted by molar-refractivity contribution is 5.75. The van der Waals surface area contributed by atoms with Crippen molar-refractivity contribution in [1.82, 2.24) is 0 Å². The summed E-state index contributed by atoms with van der Waals surface area (Å²) in [6.45, 7) is 10.3. The molecule has 3 heteroatoms. The monoisotopic (exact) mass is 318 g/mol. The maximum absolute atomic E-state index is 12.5. The molecule has 3 nitrogen and oxygen atoms in total. The van der Waals surface area contributed by atoms with E-state index in [0.717, 1.165) is 19.4 Å². The van der Waals surface area contributed by atoms with Crippen LogP contribution in [0, 0.1) is 23.2 Å². The maximum Gasteiger partial charge on any atom is 0.315 e. The predicted octanol–water partition coefficient (Wildman–Crippen LogP) is 2.37. The molecule has 128 valence electrons. The van der Waals surface area contributed by atoms with Crippen molar-refractivity contribution in [3.63, 3.8) is 0 Å². The summed E-state index contributed by atoms with van der Waals surface area (Å²) < 4.78 is 5.89. The molecule has 4 aliphatic rings. The number of ether oxygens (including phenoxy) is 1. The van der Waals surface area contributed by atoms with Crippen LogP contribution in [0.3, 0.4) is 0 Å². The molecule has 0 aromatic carbocycles. The van der Waals surface area contributed by atoms with Gasteiger partial charge >= 0.3 is 5.97 Å². The number of nitrogens with one attached hydrogen (secondary N) is 1. The molecule has 2 saturated heterocycles. The van der Waals surface area contributed by atoms with Crippen LogP contribution in [0.15, 0.2) is 12.2 Å². The first kappa shape index (κ1) is 15.7. The SMILES string of the molecule is C=C1CCC[C@]2(C)C[C@H]3OC(=O)[C@H](C[NH+]4CCCCC4)[C@H]3C[C@@H]12. The van der Waals surface area contributed by atoms with Crippen LogP contribution >= 0.6 is 0 Å². The van der Waals surface area contributed by atoms with Gasteiger partial charge in [-0.15, -0.1) is 0 Å². The Morgan fingerprint density at radius 3 is 2.83 bits per heavy atom. The highest BCUT2D eigenvalue weighted by Gasteiger charge is 2.55.